The summed E-state index contributed by atoms with van der Waals surface area (Å²) in [6.45, 7) is 0. The SMILES string of the molecule is NC(=O)c1ccc(N)c(Oc2cc(F)cc(Br)c2)c1. The zero-order chi connectivity index (χ0) is 14.0. The van der Waals surface area contributed by atoms with E-state index in [-0.39, 0.29) is 17.1 Å². The molecule has 0 radical (unpaired) electrons. The third-order valence-corrected chi connectivity index (χ3v) is 2.82. The number of hydrogen-bond donors (Lipinski definition) is 2. The van der Waals surface area contributed by atoms with Crippen molar-refractivity contribution in [3.05, 3.63) is 52.3 Å². The number of anilines is 1. The molecule has 1 amide bonds. The predicted octanol–water partition coefficient (Wildman–Crippen LogP) is 3.06. The summed E-state index contributed by atoms with van der Waals surface area (Å²) < 4.78 is 19.2. The van der Waals surface area contributed by atoms with Gasteiger partial charge in [-0.05, 0) is 30.3 Å². The van der Waals surface area contributed by atoms with Crippen molar-refractivity contribution in [2.24, 2.45) is 5.73 Å². The average molecular weight is 325 g/mol. The number of carbonyl (C=O) groups is 1. The van der Waals surface area contributed by atoms with Gasteiger partial charge in [-0.2, -0.15) is 0 Å². The Bertz CT molecular complexity index is 626. The first-order chi connectivity index (χ1) is 8.95. The van der Waals surface area contributed by atoms with Gasteiger partial charge < -0.3 is 16.2 Å². The molecule has 0 heterocycles. The van der Waals surface area contributed by atoms with Crippen LogP contribution in [0.3, 0.4) is 0 Å². The van der Waals surface area contributed by atoms with Gasteiger partial charge in [-0.25, -0.2) is 4.39 Å². The van der Waals surface area contributed by atoms with Gasteiger partial charge in [-0.3, -0.25) is 4.79 Å². The Kier molecular flexibility index (Phi) is 3.71. The summed E-state index contributed by atoms with van der Waals surface area (Å²) in [5, 5.41) is 0. The number of halogens is 2. The predicted molar refractivity (Wildman–Crippen MR) is 73.5 cm³/mol. The van der Waals surface area contributed by atoms with E-state index in [1.54, 1.807) is 6.07 Å². The molecule has 2 rings (SSSR count). The molecule has 6 heteroatoms. The molecule has 0 bridgehead atoms. The average Bonchev–Trinajstić information content (AvgIpc) is 2.30. The number of carbonyl (C=O) groups excluding carboxylic acids is 1. The van der Waals surface area contributed by atoms with Gasteiger partial charge >= 0.3 is 0 Å². The van der Waals surface area contributed by atoms with Crippen LogP contribution in [0.4, 0.5) is 10.1 Å². The Morgan fingerprint density at radius 2 is 1.95 bits per heavy atom. The van der Waals surface area contributed by atoms with Gasteiger partial charge in [-0.1, -0.05) is 15.9 Å². The van der Waals surface area contributed by atoms with E-state index in [1.165, 1.54) is 30.3 Å². The summed E-state index contributed by atoms with van der Waals surface area (Å²) >= 11 is 3.16. The van der Waals surface area contributed by atoms with E-state index in [1.807, 2.05) is 0 Å². The summed E-state index contributed by atoms with van der Waals surface area (Å²) in [5.74, 6) is -0.534. The number of rotatable bonds is 3. The van der Waals surface area contributed by atoms with Crippen LogP contribution in [-0.4, -0.2) is 5.91 Å². The second kappa shape index (κ2) is 5.27. The number of ether oxygens (including phenoxy) is 1. The third-order valence-electron chi connectivity index (χ3n) is 2.36. The summed E-state index contributed by atoms with van der Waals surface area (Å²) in [4.78, 5) is 11.1. The monoisotopic (exact) mass is 324 g/mol. The molecule has 4 nitrogen and oxygen atoms in total. The van der Waals surface area contributed by atoms with E-state index >= 15 is 0 Å². The van der Waals surface area contributed by atoms with E-state index in [9.17, 15) is 9.18 Å². The van der Waals surface area contributed by atoms with Crippen LogP contribution < -0.4 is 16.2 Å². The summed E-state index contributed by atoms with van der Waals surface area (Å²) in [6, 6.07) is 8.50. The number of nitrogens with two attached hydrogens (primary N) is 2. The highest BCUT2D eigenvalue weighted by molar-refractivity contribution is 9.10. The molecule has 0 aliphatic rings. The van der Waals surface area contributed by atoms with Crippen molar-refractivity contribution < 1.29 is 13.9 Å². The molecule has 0 saturated heterocycles. The van der Waals surface area contributed by atoms with E-state index in [0.29, 0.717) is 10.2 Å². The molecular formula is C13H10BrFN2O2. The van der Waals surface area contributed by atoms with Crippen LogP contribution in [0, 0.1) is 5.82 Å². The standard InChI is InChI=1S/C13H10BrFN2O2/c14-8-4-9(15)6-10(5-8)19-12-3-7(13(17)18)1-2-11(12)16/h1-6H,16H2,(H2,17,18). The minimum absolute atomic E-state index is 0.244. The lowest BCUT2D eigenvalue weighted by atomic mass is 10.2. The molecule has 0 spiro atoms. The zero-order valence-corrected chi connectivity index (χ0v) is 11.3. The lowest BCUT2D eigenvalue weighted by Crippen LogP contribution is -2.11. The van der Waals surface area contributed by atoms with Gasteiger partial charge in [0.05, 0.1) is 5.69 Å². The number of hydrogen-bond acceptors (Lipinski definition) is 3. The summed E-state index contributed by atoms with van der Waals surface area (Å²) in [7, 11) is 0. The fraction of sp³-hybridized carbons (Fsp3) is 0. The Hall–Kier alpha value is -2.08. The van der Waals surface area contributed by atoms with Crippen LogP contribution in [-0.2, 0) is 0 Å². The van der Waals surface area contributed by atoms with Crippen LogP contribution in [0.1, 0.15) is 10.4 Å². The number of primary amides is 1. The number of benzene rings is 2. The van der Waals surface area contributed by atoms with E-state index in [2.05, 4.69) is 15.9 Å². The molecule has 19 heavy (non-hydrogen) atoms. The molecule has 0 unspecified atom stereocenters. The van der Waals surface area contributed by atoms with Crippen molar-refractivity contribution in [1.82, 2.24) is 0 Å². The topological polar surface area (TPSA) is 78.3 Å². The molecular weight excluding hydrogens is 315 g/mol. The Morgan fingerprint density at radius 3 is 2.58 bits per heavy atom. The van der Waals surface area contributed by atoms with Gasteiger partial charge in [0.2, 0.25) is 5.91 Å². The highest BCUT2D eigenvalue weighted by Crippen LogP contribution is 2.30. The summed E-state index contributed by atoms with van der Waals surface area (Å²) in [6.07, 6.45) is 0. The highest BCUT2D eigenvalue weighted by Gasteiger charge is 2.08. The van der Waals surface area contributed by atoms with Crippen molar-refractivity contribution in [2.75, 3.05) is 5.73 Å². The van der Waals surface area contributed by atoms with Crippen molar-refractivity contribution in [2.45, 2.75) is 0 Å². The second-order valence-corrected chi connectivity index (χ2v) is 4.74. The van der Waals surface area contributed by atoms with Gasteiger partial charge in [0.1, 0.15) is 11.6 Å². The smallest absolute Gasteiger partial charge is 0.248 e. The first kappa shape index (κ1) is 13.4. The van der Waals surface area contributed by atoms with Crippen molar-refractivity contribution >= 4 is 27.5 Å². The zero-order valence-electron chi connectivity index (χ0n) is 9.69. The quantitative estimate of drug-likeness (QED) is 0.851. The van der Waals surface area contributed by atoms with Gasteiger partial charge in [-0.15, -0.1) is 0 Å². The van der Waals surface area contributed by atoms with Gasteiger partial charge in [0.15, 0.2) is 5.75 Å². The largest absolute Gasteiger partial charge is 0.455 e. The van der Waals surface area contributed by atoms with Gasteiger partial charge in [0.25, 0.3) is 0 Å². The maximum absolute atomic E-state index is 13.2. The van der Waals surface area contributed by atoms with Crippen LogP contribution >= 0.6 is 15.9 Å². The first-order valence-electron chi connectivity index (χ1n) is 5.29. The number of nitrogen functional groups attached to an aromatic ring is 1. The van der Waals surface area contributed by atoms with Crippen LogP contribution in [0.5, 0.6) is 11.5 Å². The second-order valence-electron chi connectivity index (χ2n) is 3.82. The molecule has 0 aromatic heterocycles. The fourth-order valence-corrected chi connectivity index (χ4v) is 1.93. The third kappa shape index (κ3) is 3.23. The number of amides is 1. The fourth-order valence-electron chi connectivity index (χ4n) is 1.49. The molecule has 4 N–H and O–H groups in total. The first-order valence-corrected chi connectivity index (χ1v) is 6.08. The molecule has 0 aliphatic carbocycles. The van der Waals surface area contributed by atoms with Crippen molar-refractivity contribution in [3.8, 4) is 11.5 Å². The van der Waals surface area contributed by atoms with Crippen LogP contribution in [0.25, 0.3) is 0 Å². The molecule has 0 aliphatic heterocycles. The normalized spacial score (nSPS) is 10.2. The highest BCUT2D eigenvalue weighted by atomic mass is 79.9. The van der Waals surface area contributed by atoms with E-state index in [4.69, 9.17) is 16.2 Å². The molecule has 2 aromatic carbocycles. The van der Waals surface area contributed by atoms with Crippen molar-refractivity contribution in [3.63, 3.8) is 0 Å². The minimum atomic E-state index is -0.592. The lowest BCUT2D eigenvalue weighted by Gasteiger charge is -2.10. The Balaban J connectivity index is 2.37. The van der Waals surface area contributed by atoms with Crippen LogP contribution in [0.15, 0.2) is 40.9 Å². The molecule has 2 aromatic rings. The Morgan fingerprint density at radius 1 is 1.21 bits per heavy atom. The molecule has 0 fully saturated rings. The maximum atomic E-state index is 13.2. The molecule has 0 atom stereocenters. The van der Waals surface area contributed by atoms with Gasteiger partial charge in [0, 0.05) is 16.1 Å². The maximum Gasteiger partial charge on any atom is 0.248 e. The molecule has 98 valence electrons. The van der Waals surface area contributed by atoms with E-state index in [0.717, 1.165) is 0 Å². The molecule has 0 saturated carbocycles. The minimum Gasteiger partial charge on any atom is -0.455 e. The van der Waals surface area contributed by atoms with Crippen LogP contribution in [0.2, 0.25) is 0 Å². The van der Waals surface area contributed by atoms with Crippen molar-refractivity contribution in [1.29, 1.82) is 0 Å². The Labute approximate surface area is 117 Å². The lowest BCUT2D eigenvalue weighted by molar-refractivity contribution is 0.1000. The van der Waals surface area contributed by atoms with E-state index < -0.39 is 11.7 Å². The summed E-state index contributed by atoms with van der Waals surface area (Å²) in [5.41, 5.74) is 11.5.